The Morgan fingerprint density at radius 2 is 1.83 bits per heavy atom. The maximum Gasteiger partial charge on any atom is 0.413 e. The highest BCUT2D eigenvalue weighted by molar-refractivity contribution is 5.72. The summed E-state index contributed by atoms with van der Waals surface area (Å²) in [5.41, 5.74) is 5.98. The van der Waals surface area contributed by atoms with E-state index in [-0.39, 0.29) is 6.04 Å². The molecule has 4 heteroatoms. The maximum absolute atomic E-state index is 12.3. The number of anilines is 1. The zero-order valence-corrected chi connectivity index (χ0v) is 16.9. The number of carbonyl (C=O) groups is 1. The molecule has 148 valence electrons. The minimum atomic E-state index is -0.433. The largest absolute Gasteiger partial charge is 0.413 e. The van der Waals surface area contributed by atoms with Gasteiger partial charge in [0, 0.05) is 18.8 Å². The number of carbonyl (C=O) groups excluding carboxylic acids is 1. The van der Waals surface area contributed by atoms with Crippen molar-refractivity contribution in [2.75, 3.05) is 11.4 Å². The Hall–Kier alpha value is -3.27. The van der Waals surface area contributed by atoms with Crippen LogP contribution in [0.1, 0.15) is 35.2 Å². The van der Waals surface area contributed by atoms with Crippen molar-refractivity contribution >= 4 is 11.8 Å². The Morgan fingerprint density at radius 3 is 2.59 bits per heavy atom. The molecule has 0 aliphatic carbocycles. The van der Waals surface area contributed by atoms with Crippen LogP contribution in [0.2, 0.25) is 0 Å². The van der Waals surface area contributed by atoms with Crippen LogP contribution in [0.4, 0.5) is 10.5 Å². The molecule has 1 N–H and O–H groups in total. The summed E-state index contributed by atoms with van der Waals surface area (Å²) in [5.74, 6) is 0.582. The first-order valence-electron chi connectivity index (χ1n) is 10.1. The second-order valence-electron chi connectivity index (χ2n) is 7.61. The second-order valence-corrected chi connectivity index (χ2v) is 7.61. The van der Waals surface area contributed by atoms with Gasteiger partial charge in [0.05, 0.1) is 6.04 Å². The first-order chi connectivity index (χ1) is 14.1. The third-order valence-corrected chi connectivity index (χ3v) is 5.38. The number of fused-ring (bicyclic) bond motifs is 1. The summed E-state index contributed by atoms with van der Waals surface area (Å²) in [4.78, 5) is 14.7. The summed E-state index contributed by atoms with van der Waals surface area (Å²) in [6.45, 7) is 5.87. The summed E-state index contributed by atoms with van der Waals surface area (Å²) in [7, 11) is 0. The van der Waals surface area contributed by atoms with Gasteiger partial charge in [-0.1, -0.05) is 60.2 Å². The van der Waals surface area contributed by atoms with Gasteiger partial charge in [-0.05, 0) is 55.2 Å². The van der Waals surface area contributed by atoms with Gasteiger partial charge in [0.2, 0.25) is 0 Å². The number of hydrogen-bond donors (Lipinski definition) is 1. The molecule has 1 unspecified atom stereocenters. The van der Waals surface area contributed by atoms with Gasteiger partial charge in [0.15, 0.2) is 0 Å². The van der Waals surface area contributed by atoms with E-state index in [1.54, 1.807) is 0 Å². The van der Waals surface area contributed by atoms with Crippen LogP contribution in [0, 0.1) is 6.92 Å². The smallest absolute Gasteiger partial charge is 0.410 e. The van der Waals surface area contributed by atoms with Gasteiger partial charge in [-0.15, -0.1) is 0 Å². The van der Waals surface area contributed by atoms with Crippen molar-refractivity contribution in [1.29, 1.82) is 0 Å². The lowest BCUT2D eigenvalue weighted by Gasteiger charge is -2.20. The molecule has 0 bridgehead atoms. The zero-order chi connectivity index (χ0) is 20.2. The molecule has 1 aliphatic heterocycles. The molecule has 0 saturated carbocycles. The maximum atomic E-state index is 12.3. The number of nitrogens with one attached hydrogen (secondary N) is 1. The minimum absolute atomic E-state index is 0.112. The molecule has 0 fully saturated rings. The van der Waals surface area contributed by atoms with Gasteiger partial charge >= 0.3 is 6.09 Å². The molecule has 1 aliphatic rings. The van der Waals surface area contributed by atoms with E-state index in [2.05, 4.69) is 40.5 Å². The molecule has 29 heavy (non-hydrogen) atoms. The molecule has 1 amide bonds. The highest BCUT2D eigenvalue weighted by atomic mass is 16.6. The molecule has 1 atom stereocenters. The van der Waals surface area contributed by atoms with Crippen molar-refractivity contribution in [3.63, 3.8) is 0 Å². The summed E-state index contributed by atoms with van der Waals surface area (Å²) in [5, 5.41) is 2.90. The van der Waals surface area contributed by atoms with E-state index in [0.29, 0.717) is 5.75 Å². The molecule has 1 heterocycles. The molecule has 4 nitrogen and oxygen atoms in total. The number of amides is 1. The van der Waals surface area contributed by atoms with Crippen LogP contribution in [-0.4, -0.2) is 12.6 Å². The van der Waals surface area contributed by atoms with Crippen LogP contribution in [-0.2, 0) is 13.0 Å². The fourth-order valence-corrected chi connectivity index (χ4v) is 3.73. The Balaban J connectivity index is 1.38. The first kappa shape index (κ1) is 19.1. The van der Waals surface area contributed by atoms with Crippen LogP contribution < -0.4 is 15.0 Å². The number of hydrogen-bond acceptors (Lipinski definition) is 3. The van der Waals surface area contributed by atoms with E-state index < -0.39 is 6.09 Å². The number of nitrogens with zero attached hydrogens (tertiary/aromatic N) is 1. The van der Waals surface area contributed by atoms with Crippen LogP contribution in [0.25, 0.3) is 0 Å². The van der Waals surface area contributed by atoms with E-state index >= 15 is 0 Å². The fourth-order valence-electron chi connectivity index (χ4n) is 3.73. The normalized spacial score (nSPS) is 13.7. The number of benzene rings is 3. The third kappa shape index (κ3) is 4.60. The highest BCUT2D eigenvalue weighted by Crippen LogP contribution is 2.32. The monoisotopic (exact) mass is 386 g/mol. The lowest BCUT2D eigenvalue weighted by molar-refractivity contribution is 0.197. The standard InChI is InChI=1S/C25H26N2O2/c1-18-8-10-21(11-9-18)19(2)26-25(28)29-23-12-13-24-22(16-23)14-15-27(24)17-20-6-4-3-5-7-20/h3-13,16,19H,14-15,17H2,1-2H3,(H,26,28). The summed E-state index contributed by atoms with van der Waals surface area (Å²) in [6.07, 6.45) is 0.526. The Morgan fingerprint density at radius 1 is 1.07 bits per heavy atom. The summed E-state index contributed by atoms with van der Waals surface area (Å²) >= 11 is 0. The van der Waals surface area contributed by atoms with Gasteiger partial charge in [-0.3, -0.25) is 0 Å². The predicted octanol–water partition coefficient (Wildman–Crippen LogP) is 5.41. The molecular weight excluding hydrogens is 360 g/mol. The highest BCUT2D eigenvalue weighted by Gasteiger charge is 2.20. The average molecular weight is 386 g/mol. The molecule has 3 aromatic rings. The first-order valence-corrected chi connectivity index (χ1v) is 10.1. The zero-order valence-electron chi connectivity index (χ0n) is 16.9. The lowest BCUT2D eigenvalue weighted by atomic mass is 10.1. The van der Waals surface area contributed by atoms with Crippen molar-refractivity contribution in [3.8, 4) is 5.75 Å². The molecular formula is C25H26N2O2. The van der Waals surface area contributed by atoms with Crippen molar-refractivity contribution in [3.05, 3.63) is 95.1 Å². The Kier molecular flexibility index (Phi) is 5.52. The lowest BCUT2D eigenvalue weighted by Crippen LogP contribution is -2.29. The van der Waals surface area contributed by atoms with Gasteiger partial charge in [-0.25, -0.2) is 4.79 Å². The molecule has 0 aromatic heterocycles. The van der Waals surface area contributed by atoms with Gasteiger partial charge < -0.3 is 15.0 Å². The molecule has 4 rings (SSSR count). The van der Waals surface area contributed by atoms with Crippen molar-refractivity contribution < 1.29 is 9.53 Å². The van der Waals surface area contributed by atoms with Crippen LogP contribution in [0.5, 0.6) is 5.75 Å². The topological polar surface area (TPSA) is 41.6 Å². The van der Waals surface area contributed by atoms with E-state index in [4.69, 9.17) is 4.74 Å². The average Bonchev–Trinajstić information content (AvgIpc) is 3.11. The molecule has 0 spiro atoms. The SMILES string of the molecule is Cc1ccc(C(C)NC(=O)Oc2ccc3c(c2)CCN3Cc2ccccc2)cc1. The van der Waals surface area contributed by atoms with E-state index in [1.165, 1.54) is 22.4 Å². The van der Waals surface area contributed by atoms with Crippen molar-refractivity contribution in [1.82, 2.24) is 5.32 Å². The summed E-state index contributed by atoms with van der Waals surface area (Å²) in [6, 6.07) is 24.4. The van der Waals surface area contributed by atoms with Crippen LogP contribution in [0.15, 0.2) is 72.8 Å². The summed E-state index contributed by atoms with van der Waals surface area (Å²) < 4.78 is 5.54. The fraction of sp³-hybridized carbons (Fsp3) is 0.240. The van der Waals surface area contributed by atoms with Crippen molar-refractivity contribution in [2.24, 2.45) is 0 Å². The van der Waals surface area contributed by atoms with Gasteiger partial charge in [0.25, 0.3) is 0 Å². The minimum Gasteiger partial charge on any atom is -0.410 e. The van der Waals surface area contributed by atoms with Crippen molar-refractivity contribution in [2.45, 2.75) is 32.9 Å². The van der Waals surface area contributed by atoms with E-state index in [1.807, 2.05) is 56.3 Å². The molecule has 0 saturated heterocycles. The van der Waals surface area contributed by atoms with Crippen LogP contribution >= 0.6 is 0 Å². The number of aryl methyl sites for hydroxylation is 1. The quantitative estimate of drug-likeness (QED) is 0.638. The predicted molar refractivity (Wildman–Crippen MR) is 116 cm³/mol. The Labute approximate surface area is 172 Å². The van der Waals surface area contributed by atoms with E-state index in [0.717, 1.165) is 25.1 Å². The number of ether oxygens (including phenoxy) is 1. The third-order valence-electron chi connectivity index (χ3n) is 5.38. The number of rotatable bonds is 5. The van der Waals surface area contributed by atoms with Gasteiger partial charge in [0.1, 0.15) is 5.75 Å². The van der Waals surface area contributed by atoms with Crippen LogP contribution in [0.3, 0.4) is 0 Å². The second kappa shape index (κ2) is 8.39. The molecule has 0 radical (unpaired) electrons. The Bertz CT molecular complexity index is 983. The van der Waals surface area contributed by atoms with Gasteiger partial charge in [-0.2, -0.15) is 0 Å². The van der Waals surface area contributed by atoms with E-state index in [9.17, 15) is 4.79 Å². The molecule has 3 aromatic carbocycles.